The molecule has 7 nitrogen and oxygen atoms in total. The minimum atomic E-state index is -5.10. The van der Waals surface area contributed by atoms with Gasteiger partial charge in [-0.3, -0.25) is 9.59 Å². The normalized spacial score (nSPS) is 10.9. The first kappa shape index (κ1) is 23.9. The number of carbonyl (C=O) groups excluding carboxylic acids is 2. The molecule has 0 aliphatic carbocycles. The summed E-state index contributed by atoms with van der Waals surface area (Å²) in [5.41, 5.74) is 0.394. The predicted octanol–water partition coefficient (Wildman–Crippen LogP) is -4.39. The van der Waals surface area contributed by atoms with Crippen LogP contribution in [0.3, 0.4) is 0 Å². The molecule has 0 aliphatic heterocycles. The third kappa shape index (κ3) is 4.64. The van der Waals surface area contributed by atoms with Crippen LogP contribution in [0.25, 0.3) is 10.9 Å². The average molecular weight is 408 g/mol. The molecule has 0 radical (unpaired) electrons. The molecular formula is C15H11N2Na2O5PS. The Labute approximate surface area is 197 Å². The van der Waals surface area contributed by atoms with Crippen LogP contribution in [0.1, 0.15) is 39.2 Å². The zero-order valence-corrected chi connectivity index (χ0v) is 20.2. The van der Waals surface area contributed by atoms with E-state index in [0.29, 0.717) is 9.72 Å². The summed E-state index contributed by atoms with van der Waals surface area (Å²) in [6.07, 6.45) is 1.28. The van der Waals surface area contributed by atoms with Crippen molar-refractivity contribution in [1.82, 2.24) is 9.32 Å². The number of benzene rings is 1. The fourth-order valence-electron chi connectivity index (χ4n) is 2.35. The van der Waals surface area contributed by atoms with Crippen molar-refractivity contribution in [3.8, 4) is 0 Å². The molecule has 0 aliphatic rings. The van der Waals surface area contributed by atoms with Crippen molar-refractivity contribution in [2.75, 3.05) is 0 Å². The van der Waals surface area contributed by atoms with Gasteiger partial charge in [0.05, 0.1) is 11.1 Å². The molecule has 0 saturated carbocycles. The van der Waals surface area contributed by atoms with E-state index in [2.05, 4.69) is 4.98 Å². The SMILES string of the molecule is CCC(=O)c1csc(C(=O)c2cn(P(=O)([O-])[O-])c3ccccc23)n1.[Na+].[Na+]. The number of fused-ring (bicyclic) bond motifs is 1. The fourth-order valence-corrected chi connectivity index (χ4v) is 3.82. The third-order valence-electron chi connectivity index (χ3n) is 3.51. The van der Waals surface area contributed by atoms with Gasteiger partial charge in [0, 0.05) is 31.1 Å². The van der Waals surface area contributed by atoms with Gasteiger partial charge in [0.25, 0.3) is 0 Å². The van der Waals surface area contributed by atoms with Gasteiger partial charge in [0.1, 0.15) is 5.69 Å². The molecule has 0 unspecified atom stereocenters. The molecular weight excluding hydrogens is 397 g/mol. The van der Waals surface area contributed by atoms with Crippen molar-refractivity contribution in [2.24, 2.45) is 0 Å². The van der Waals surface area contributed by atoms with E-state index in [9.17, 15) is 23.9 Å². The second kappa shape index (κ2) is 9.39. The largest absolute Gasteiger partial charge is 1.00 e. The molecule has 0 amide bonds. The maximum atomic E-state index is 12.7. The summed E-state index contributed by atoms with van der Waals surface area (Å²) in [5, 5.41) is 1.90. The smallest absolute Gasteiger partial charge is 0.795 e. The van der Waals surface area contributed by atoms with Crippen molar-refractivity contribution >= 4 is 41.6 Å². The van der Waals surface area contributed by atoms with Crippen LogP contribution in [-0.4, -0.2) is 20.9 Å². The summed E-state index contributed by atoms with van der Waals surface area (Å²) in [7, 11) is -5.10. The molecule has 26 heavy (non-hydrogen) atoms. The molecule has 2 aromatic heterocycles. The van der Waals surface area contributed by atoms with Crippen molar-refractivity contribution in [2.45, 2.75) is 13.3 Å². The van der Waals surface area contributed by atoms with Gasteiger partial charge in [-0.2, -0.15) is 0 Å². The van der Waals surface area contributed by atoms with E-state index in [1.54, 1.807) is 25.1 Å². The zero-order chi connectivity index (χ0) is 17.5. The molecule has 3 aromatic rings. The van der Waals surface area contributed by atoms with Gasteiger partial charge in [-0.1, -0.05) is 25.1 Å². The van der Waals surface area contributed by atoms with Crippen molar-refractivity contribution < 1.29 is 83.1 Å². The monoisotopic (exact) mass is 408 g/mol. The molecule has 0 spiro atoms. The Hall–Kier alpha value is -0.120. The van der Waals surface area contributed by atoms with Gasteiger partial charge in [-0.15, -0.1) is 11.3 Å². The summed E-state index contributed by atoms with van der Waals surface area (Å²) in [5.74, 6) is -0.713. The van der Waals surface area contributed by atoms with Gasteiger partial charge in [-0.25, -0.2) is 4.98 Å². The van der Waals surface area contributed by atoms with Gasteiger partial charge in [0.15, 0.2) is 10.8 Å². The number of aromatic nitrogens is 2. The van der Waals surface area contributed by atoms with Gasteiger partial charge >= 0.3 is 59.1 Å². The second-order valence-electron chi connectivity index (χ2n) is 5.02. The van der Waals surface area contributed by atoms with E-state index < -0.39 is 13.5 Å². The van der Waals surface area contributed by atoms with Gasteiger partial charge in [-0.05, 0) is 6.07 Å². The van der Waals surface area contributed by atoms with E-state index in [1.807, 2.05) is 0 Å². The van der Waals surface area contributed by atoms with Crippen LogP contribution in [0.2, 0.25) is 0 Å². The molecule has 11 heteroatoms. The Bertz CT molecular complexity index is 1010. The number of carbonyl (C=O) groups is 2. The van der Waals surface area contributed by atoms with E-state index in [-0.39, 0.29) is 93.1 Å². The number of rotatable bonds is 5. The summed E-state index contributed by atoms with van der Waals surface area (Å²) in [6, 6.07) is 6.21. The fraction of sp³-hybridized carbons (Fsp3) is 0.133. The van der Waals surface area contributed by atoms with E-state index in [0.717, 1.165) is 17.5 Å². The van der Waals surface area contributed by atoms with Crippen LogP contribution >= 0.6 is 19.1 Å². The Balaban J connectivity index is 0.00000169. The molecule has 2 heterocycles. The molecule has 0 N–H and O–H groups in total. The number of para-hydroxylation sites is 1. The maximum Gasteiger partial charge on any atom is 1.00 e. The summed E-state index contributed by atoms with van der Waals surface area (Å²) in [6.45, 7) is 1.69. The van der Waals surface area contributed by atoms with E-state index in [4.69, 9.17) is 0 Å². The standard InChI is InChI=1S/C15H13N2O5PS.2Na/c1-2-13(18)11-8-24-15(16-11)14(19)10-7-17(23(20,21)22)12-6-4-3-5-9(10)12;;/h3-8H,2H2,1H3,(H2,20,21,22);;/q;2*+1/p-2. The Morgan fingerprint density at radius 3 is 2.50 bits per heavy atom. The van der Waals surface area contributed by atoms with E-state index in [1.165, 1.54) is 11.4 Å². The first-order valence-corrected chi connectivity index (χ1v) is 9.37. The van der Waals surface area contributed by atoms with Crippen LogP contribution in [0.5, 0.6) is 0 Å². The van der Waals surface area contributed by atoms with Crippen LogP contribution in [0, 0.1) is 0 Å². The minimum absolute atomic E-state index is 0. The first-order chi connectivity index (χ1) is 11.3. The van der Waals surface area contributed by atoms with Gasteiger partial charge in [0.2, 0.25) is 5.78 Å². The van der Waals surface area contributed by atoms with Crippen LogP contribution in [0.15, 0.2) is 35.8 Å². The Morgan fingerprint density at radius 1 is 1.23 bits per heavy atom. The quantitative estimate of drug-likeness (QED) is 0.239. The van der Waals surface area contributed by atoms with Crippen molar-refractivity contribution in [1.29, 1.82) is 0 Å². The maximum absolute atomic E-state index is 12.7. The molecule has 0 saturated heterocycles. The Morgan fingerprint density at radius 2 is 1.88 bits per heavy atom. The molecule has 0 bridgehead atoms. The third-order valence-corrected chi connectivity index (χ3v) is 5.21. The van der Waals surface area contributed by atoms with Gasteiger partial charge < -0.3 is 18.7 Å². The summed E-state index contributed by atoms with van der Waals surface area (Å²) >= 11 is 1.01. The number of ketones is 2. The minimum Gasteiger partial charge on any atom is -0.795 e. The number of thiazole rings is 1. The molecule has 0 fully saturated rings. The molecule has 3 rings (SSSR count). The topological polar surface area (TPSA) is 115 Å². The summed E-state index contributed by atoms with van der Waals surface area (Å²) < 4.78 is 12.0. The van der Waals surface area contributed by atoms with Crippen LogP contribution in [0.4, 0.5) is 0 Å². The van der Waals surface area contributed by atoms with Crippen molar-refractivity contribution in [3.63, 3.8) is 0 Å². The summed E-state index contributed by atoms with van der Waals surface area (Å²) in [4.78, 5) is 51.2. The van der Waals surface area contributed by atoms with Crippen LogP contribution < -0.4 is 68.9 Å². The predicted molar refractivity (Wildman–Crippen MR) is 85.1 cm³/mol. The number of hydrogen-bond acceptors (Lipinski definition) is 7. The first-order valence-electron chi connectivity index (χ1n) is 6.99. The molecule has 124 valence electrons. The van der Waals surface area contributed by atoms with E-state index >= 15 is 0 Å². The van der Waals surface area contributed by atoms with Crippen molar-refractivity contribution in [3.05, 3.63) is 52.1 Å². The average Bonchev–Trinajstić information content (AvgIpc) is 3.18. The number of nitrogens with zero attached hydrogens (tertiary/aromatic N) is 2. The Kier molecular flexibility index (Phi) is 8.63. The molecule has 0 atom stereocenters. The molecule has 1 aromatic carbocycles. The second-order valence-corrected chi connectivity index (χ2v) is 7.24. The number of Topliss-reactive ketones (excluding diaryl/α,β-unsaturated/α-hetero) is 1. The zero-order valence-electron chi connectivity index (χ0n) is 14.5. The number of hydrogen-bond donors (Lipinski definition) is 0. The van der Waals surface area contributed by atoms with Crippen LogP contribution in [-0.2, 0) is 4.57 Å².